The maximum Gasteiger partial charge on any atom is 0.237 e. The van der Waals surface area contributed by atoms with Crippen LogP contribution in [0.2, 0.25) is 0 Å². The molecule has 0 aliphatic rings. The van der Waals surface area contributed by atoms with Crippen molar-refractivity contribution >= 4 is 15.7 Å². The molecule has 2 rings (SSSR count). The Morgan fingerprint density at radius 3 is 2.75 bits per heavy atom. The number of aromatic nitrogens is 2. The molecule has 5 nitrogen and oxygen atoms in total. The molecule has 6 heteroatoms. The van der Waals surface area contributed by atoms with Gasteiger partial charge in [-0.1, -0.05) is 12.1 Å². The summed E-state index contributed by atoms with van der Waals surface area (Å²) in [5, 5.41) is 0. The number of imidazole rings is 1. The average Bonchev–Trinajstić information content (AvgIpc) is 2.65. The van der Waals surface area contributed by atoms with Crippen LogP contribution in [0.4, 0.5) is 5.69 Å². The molecule has 0 aliphatic heterocycles. The molecule has 2 N–H and O–H groups in total. The summed E-state index contributed by atoms with van der Waals surface area (Å²) in [6.45, 7) is 0. The largest absolute Gasteiger partial charge is 0.399 e. The van der Waals surface area contributed by atoms with Crippen molar-refractivity contribution in [3.63, 3.8) is 0 Å². The molecule has 0 unspecified atom stereocenters. The van der Waals surface area contributed by atoms with Gasteiger partial charge in [-0.3, -0.25) is 0 Å². The maximum atomic E-state index is 11.5. The van der Waals surface area contributed by atoms with Gasteiger partial charge in [-0.25, -0.2) is 17.4 Å². The van der Waals surface area contributed by atoms with Crippen molar-refractivity contribution in [2.24, 2.45) is 0 Å². The maximum absolute atomic E-state index is 11.5. The molecule has 84 valence electrons. The summed E-state index contributed by atoms with van der Waals surface area (Å²) < 4.78 is 24.1. The Morgan fingerprint density at radius 2 is 2.12 bits per heavy atom. The Kier molecular flexibility index (Phi) is 2.43. The predicted octanol–water partition coefficient (Wildman–Crippen LogP) is 0.940. The van der Waals surface area contributed by atoms with E-state index >= 15 is 0 Å². The summed E-state index contributed by atoms with van der Waals surface area (Å²) in [7, 11) is -3.34. The Morgan fingerprint density at radius 1 is 1.38 bits per heavy atom. The van der Waals surface area contributed by atoms with Crippen LogP contribution in [-0.2, 0) is 10.0 Å². The summed E-state index contributed by atoms with van der Waals surface area (Å²) in [4.78, 5) is 4.02. The molecule has 0 aliphatic carbocycles. The molecule has 0 saturated carbocycles. The van der Waals surface area contributed by atoms with Gasteiger partial charge in [-0.05, 0) is 12.1 Å². The van der Waals surface area contributed by atoms with Gasteiger partial charge in [0, 0.05) is 23.6 Å². The zero-order valence-corrected chi connectivity index (χ0v) is 9.48. The molecule has 0 atom stereocenters. The number of nitrogens with two attached hydrogens (primary N) is 1. The lowest BCUT2D eigenvalue weighted by Crippen LogP contribution is -2.10. The summed E-state index contributed by atoms with van der Waals surface area (Å²) in [5.41, 5.74) is 6.88. The fraction of sp³-hybridized carbons (Fsp3) is 0.100. The summed E-state index contributed by atoms with van der Waals surface area (Å²) in [6.07, 6.45) is 3.98. The van der Waals surface area contributed by atoms with Gasteiger partial charge in [0.15, 0.2) is 5.82 Å². The van der Waals surface area contributed by atoms with E-state index in [1.165, 1.54) is 12.4 Å². The van der Waals surface area contributed by atoms with Crippen LogP contribution in [0.3, 0.4) is 0 Å². The Hall–Kier alpha value is -1.82. The van der Waals surface area contributed by atoms with Crippen molar-refractivity contribution in [2.45, 2.75) is 0 Å². The van der Waals surface area contributed by atoms with Gasteiger partial charge in [0.1, 0.15) is 0 Å². The molecule has 0 spiro atoms. The number of nitrogens with zero attached hydrogens (tertiary/aromatic N) is 2. The Bertz CT molecular complexity index is 616. The molecule has 2 aromatic rings. The average molecular weight is 237 g/mol. The van der Waals surface area contributed by atoms with E-state index in [1.807, 2.05) is 0 Å². The number of anilines is 1. The first-order valence-corrected chi connectivity index (χ1v) is 6.43. The highest BCUT2D eigenvalue weighted by molar-refractivity contribution is 7.89. The molecule has 16 heavy (non-hydrogen) atoms. The molecular formula is C10H11N3O2S. The minimum absolute atomic E-state index is 0.370. The zero-order valence-electron chi connectivity index (χ0n) is 8.66. The summed E-state index contributed by atoms with van der Waals surface area (Å²) in [5.74, 6) is 0.370. The molecule has 1 heterocycles. The first kappa shape index (κ1) is 10.7. The third-order valence-corrected chi connectivity index (χ3v) is 3.12. The third-order valence-electron chi connectivity index (χ3n) is 2.11. The standard InChI is InChI=1S/C10H11N3O2S/c1-16(14,15)13-6-5-12-10(13)8-3-2-4-9(11)7-8/h2-7H,11H2,1H3. The van der Waals surface area contributed by atoms with Gasteiger partial charge in [-0.15, -0.1) is 0 Å². The fourth-order valence-electron chi connectivity index (χ4n) is 1.44. The molecule has 1 aromatic carbocycles. The predicted molar refractivity (Wildman–Crippen MR) is 62.3 cm³/mol. The second kappa shape index (κ2) is 3.64. The van der Waals surface area contributed by atoms with Gasteiger partial charge in [0.25, 0.3) is 0 Å². The van der Waals surface area contributed by atoms with E-state index in [4.69, 9.17) is 5.73 Å². The van der Waals surface area contributed by atoms with Crippen LogP contribution in [0.5, 0.6) is 0 Å². The number of hydrogen-bond acceptors (Lipinski definition) is 4. The van der Waals surface area contributed by atoms with Gasteiger partial charge in [0.05, 0.1) is 6.26 Å². The van der Waals surface area contributed by atoms with Crippen molar-refractivity contribution in [3.8, 4) is 11.4 Å². The van der Waals surface area contributed by atoms with Gasteiger partial charge in [0.2, 0.25) is 10.0 Å². The number of nitrogen functional groups attached to an aromatic ring is 1. The van der Waals surface area contributed by atoms with Crippen LogP contribution in [-0.4, -0.2) is 23.6 Å². The first-order chi connectivity index (χ1) is 7.48. The van der Waals surface area contributed by atoms with E-state index in [2.05, 4.69) is 4.98 Å². The van der Waals surface area contributed by atoms with Crippen molar-refractivity contribution in [2.75, 3.05) is 12.0 Å². The topological polar surface area (TPSA) is 78.0 Å². The van der Waals surface area contributed by atoms with E-state index < -0.39 is 10.0 Å². The van der Waals surface area contributed by atoms with E-state index in [-0.39, 0.29) is 0 Å². The zero-order chi connectivity index (χ0) is 11.8. The van der Waals surface area contributed by atoms with Crippen LogP contribution < -0.4 is 5.73 Å². The van der Waals surface area contributed by atoms with Crippen molar-refractivity contribution in [3.05, 3.63) is 36.7 Å². The summed E-state index contributed by atoms with van der Waals surface area (Å²) in [6, 6.07) is 6.94. The highest BCUT2D eigenvalue weighted by Crippen LogP contribution is 2.20. The van der Waals surface area contributed by atoms with Crippen molar-refractivity contribution in [1.82, 2.24) is 8.96 Å². The minimum Gasteiger partial charge on any atom is -0.399 e. The molecule has 0 fully saturated rings. The monoisotopic (exact) mass is 237 g/mol. The SMILES string of the molecule is CS(=O)(=O)n1ccnc1-c1cccc(N)c1. The third kappa shape index (κ3) is 1.92. The lowest BCUT2D eigenvalue weighted by molar-refractivity contribution is 0.594. The van der Waals surface area contributed by atoms with Gasteiger partial charge < -0.3 is 5.73 Å². The molecule has 0 radical (unpaired) electrons. The van der Waals surface area contributed by atoms with Gasteiger partial charge in [-0.2, -0.15) is 0 Å². The quantitative estimate of drug-likeness (QED) is 0.788. The van der Waals surface area contributed by atoms with Crippen molar-refractivity contribution < 1.29 is 8.42 Å². The number of benzene rings is 1. The van der Waals surface area contributed by atoms with E-state index in [9.17, 15) is 8.42 Å². The lowest BCUT2D eigenvalue weighted by Gasteiger charge is -2.05. The van der Waals surface area contributed by atoms with Gasteiger partial charge >= 0.3 is 0 Å². The highest BCUT2D eigenvalue weighted by atomic mass is 32.2. The summed E-state index contributed by atoms with van der Waals surface area (Å²) >= 11 is 0. The fourth-order valence-corrected chi connectivity index (χ4v) is 2.18. The van der Waals surface area contributed by atoms with Crippen LogP contribution >= 0.6 is 0 Å². The Balaban J connectivity index is 2.62. The van der Waals surface area contributed by atoms with Crippen LogP contribution in [0.25, 0.3) is 11.4 Å². The smallest absolute Gasteiger partial charge is 0.237 e. The normalized spacial score (nSPS) is 11.6. The second-order valence-corrected chi connectivity index (χ2v) is 5.29. The van der Waals surface area contributed by atoms with Crippen molar-refractivity contribution in [1.29, 1.82) is 0 Å². The molecule has 0 bridgehead atoms. The highest BCUT2D eigenvalue weighted by Gasteiger charge is 2.13. The van der Waals surface area contributed by atoms with E-state index in [0.717, 1.165) is 10.2 Å². The molecule has 0 amide bonds. The lowest BCUT2D eigenvalue weighted by atomic mass is 10.2. The van der Waals surface area contributed by atoms with E-state index in [1.54, 1.807) is 24.3 Å². The Labute approximate surface area is 93.6 Å². The second-order valence-electron chi connectivity index (χ2n) is 3.44. The number of hydrogen-bond donors (Lipinski definition) is 1. The minimum atomic E-state index is -3.34. The number of rotatable bonds is 2. The van der Waals surface area contributed by atoms with Crippen LogP contribution in [0.1, 0.15) is 0 Å². The van der Waals surface area contributed by atoms with E-state index in [0.29, 0.717) is 17.1 Å². The molecule has 1 aromatic heterocycles. The van der Waals surface area contributed by atoms with Crippen LogP contribution in [0.15, 0.2) is 36.7 Å². The molecule has 0 saturated heterocycles. The first-order valence-electron chi connectivity index (χ1n) is 4.58. The molecular weight excluding hydrogens is 226 g/mol. The van der Waals surface area contributed by atoms with Crippen LogP contribution in [0, 0.1) is 0 Å².